The first kappa shape index (κ1) is 20.6. The van der Waals surface area contributed by atoms with Crippen LogP contribution in [0.15, 0.2) is 48.5 Å². The van der Waals surface area contributed by atoms with E-state index in [9.17, 15) is 19.1 Å². The van der Waals surface area contributed by atoms with E-state index in [1.165, 1.54) is 24.3 Å². The number of benzene rings is 2. The Kier molecular flexibility index (Phi) is 7.07. The van der Waals surface area contributed by atoms with Gasteiger partial charge in [-0.2, -0.15) is 0 Å². The SMILES string of the molecule is Cc1ccc(C(=O)NC(C(=O)NCC(O)c2ccc(F)cc2)C(C)C)cc1. The standard InChI is InChI=1S/C21H25FN2O3/c1-13(2)19(24-20(26)16-6-4-14(3)5-7-16)21(27)23-12-18(25)15-8-10-17(22)11-9-15/h4-11,13,18-19,25H,12H2,1-3H3,(H,23,27)(H,24,26). The van der Waals surface area contributed by atoms with Gasteiger partial charge in [0.15, 0.2) is 0 Å². The van der Waals surface area contributed by atoms with Crippen LogP contribution in [0.1, 0.15) is 41.4 Å². The lowest BCUT2D eigenvalue weighted by Crippen LogP contribution is -2.50. The summed E-state index contributed by atoms with van der Waals surface area (Å²) in [4.78, 5) is 24.9. The van der Waals surface area contributed by atoms with Crippen molar-refractivity contribution < 1.29 is 19.1 Å². The Labute approximate surface area is 158 Å². The van der Waals surface area contributed by atoms with Gasteiger partial charge in [-0.15, -0.1) is 0 Å². The molecule has 0 aliphatic heterocycles. The number of aryl methyl sites for hydroxylation is 1. The number of aliphatic hydroxyl groups excluding tert-OH is 1. The van der Waals surface area contributed by atoms with E-state index in [1.54, 1.807) is 12.1 Å². The largest absolute Gasteiger partial charge is 0.387 e. The van der Waals surface area contributed by atoms with Crippen molar-refractivity contribution in [1.82, 2.24) is 10.6 Å². The summed E-state index contributed by atoms with van der Waals surface area (Å²) in [5.41, 5.74) is 2.02. The molecule has 144 valence electrons. The summed E-state index contributed by atoms with van der Waals surface area (Å²) < 4.78 is 13.0. The van der Waals surface area contributed by atoms with Gasteiger partial charge in [0.1, 0.15) is 11.9 Å². The summed E-state index contributed by atoms with van der Waals surface area (Å²) in [5.74, 6) is -1.24. The molecule has 0 aliphatic rings. The molecule has 2 aromatic rings. The fraction of sp³-hybridized carbons (Fsp3) is 0.333. The van der Waals surface area contributed by atoms with E-state index in [-0.39, 0.29) is 24.3 Å². The minimum absolute atomic E-state index is 0.0336. The summed E-state index contributed by atoms with van der Waals surface area (Å²) in [6.45, 7) is 5.55. The normalized spacial score (nSPS) is 13.1. The number of carbonyl (C=O) groups excluding carboxylic acids is 2. The number of hydrogen-bond donors (Lipinski definition) is 3. The van der Waals surface area contributed by atoms with Crippen LogP contribution in [0, 0.1) is 18.7 Å². The molecule has 27 heavy (non-hydrogen) atoms. The lowest BCUT2D eigenvalue weighted by atomic mass is 10.0. The molecule has 2 amide bonds. The number of amides is 2. The number of nitrogens with one attached hydrogen (secondary N) is 2. The summed E-state index contributed by atoms with van der Waals surface area (Å²) in [5, 5.41) is 15.5. The van der Waals surface area contributed by atoms with Gasteiger partial charge in [0, 0.05) is 12.1 Å². The fourth-order valence-corrected chi connectivity index (χ4v) is 2.57. The first-order valence-electron chi connectivity index (χ1n) is 8.86. The average molecular weight is 372 g/mol. The summed E-state index contributed by atoms with van der Waals surface area (Å²) in [6.07, 6.45) is -0.963. The van der Waals surface area contributed by atoms with Crippen molar-refractivity contribution in [3.05, 3.63) is 71.0 Å². The minimum Gasteiger partial charge on any atom is -0.387 e. The Hall–Kier alpha value is -2.73. The van der Waals surface area contributed by atoms with E-state index >= 15 is 0 Å². The third-order valence-corrected chi connectivity index (χ3v) is 4.27. The monoisotopic (exact) mass is 372 g/mol. The second kappa shape index (κ2) is 9.28. The number of aliphatic hydroxyl groups is 1. The highest BCUT2D eigenvalue weighted by molar-refractivity contribution is 5.97. The number of halogens is 1. The fourth-order valence-electron chi connectivity index (χ4n) is 2.57. The van der Waals surface area contributed by atoms with Gasteiger partial charge in [0.25, 0.3) is 5.91 Å². The van der Waals surface area contributed by atoms with Crippen LogP contribution in [-0.2, 0) is 4.79 Å². The van der Waals surface area contributed by atoms with E-state index in [4.69, 9.17) is 0 Å². The molecule has 6 heteroatoms. The highest BCUT2D eigenvalue weighted by Gasteiger charge is 2.25. The van der Waals surface area contributed by atoms with Crippen molar-refractivity contribution in [2.45, 2.75) is 32.9 Å². The predicted molar refractivity (Wildman–Crippen MR) is 102 cm³/mol. The lowest BCUT2D eigenvalue weighted by molar-refractivity contribution is -0.124. The Morgan fingerprint density at radius 3 is 2.19 bits per heavy atom. The molecule has 0 saturated heterocycles. The van der Waals surface area contributed by atoms with E-state index < -0.39 is 18.0 Å². The second-order valence-electron chi connectivity index (χ2n) is 6.87. The molecular formula is C21H25FN2O3. The van der Waals surface area contributed by atoms with Crippen molar-refractivity contribution >= 4 is 11.8 Å². The van der Waals surface area contributed by atoms with E-state index in [1.807, 2.05) is 32.9 Å². The van der Waals surface area contributed by atoms with Gasteiger partial charge >= 0.3 is 0 Å². The van der Waals surface area contributed by atoms with Crippen molar-refractivity contribution in [3.8, 4) is 0 Å². The Morgan fingerprint density at radius 2 is 1.63 bits per heavy atom. The van der Waals surface area contributed by atoms with Crippen molar-refractivity contribution in [3.63, 3.8) is 0 Å². The molecular weight excluding hydrogens is 347 g/mol. The summed E-state index contributed by atoms with van der Waals surface area (Å²) >= 11 is 0. The van der Waals surface area contributed by atoms with Crippen LogP contribution in [-0.4, -0.2) is 29.5 Å². The van der Waals surface area contributed by atoms with Gasteiger partial charge in [-0.25, -0.2) is 4.39 Å². The van der Waals surface area contributed by atoms with Crippen molar-refractivity contribution in [2.75, 3.05) is 6.54 Å². The first-order valence-corrected chi connectivity index (χ1v) is 8.86. The quantitative estimate of drug-likeness (QED) is 0.699. The van der Waals surface area contributed by atoms with Crippen molar-refractivity contribution in [2.24, 2.45) is 5.92 Å². The van der Waals surface area contributed by atoms with E-state index in [2.05, 4.69) is 10.6 Å². The molecule has 0 spiro atoms. The first-order chi connectivity index (χ1) is 12.8. The molecule has 2 atom stereocenters. The zero-order chi connectivity index (χ0) is 20.0. The topological polar surface area (TPSA) is 78.4 Å². The third kappa shape index (κ3) is 5.89. The van der Waals surface area contributed by atoms with Gasteiger partial charge in [0.05, 0.1) is 6.10 Å². The smallest absolute Gasteiger partial charge is 0.251 e. The molecule has 0 radical (unpaired) electrons. The number of rotatable bonds is 7. The van der Waals surface area contributed by atoms with Gasteiger partial charge in [-0.05, 0) is 42.7 Å². The van der Waals surface area contributed by atoms with Gasteiger partial charge < -0.3 is 15.7 Å². The van der Waals surface area contributed by atoms with E-state index in [0.717, 1.165) is 5.56 Å². The molecule has 0 bridgehead atoms. The molecule has 3 N–H and O–H groups in total. The number of hydrogen-bond acceptors (Lipinski definition) is 3. The molecule has 0 aromatic heterocycles. The van der Waals surface area contributed by atoms with Crippen LogP contribution < -0.4 is 10.6 Å². The van der Waals surface area contributed by atoms with Crippen LogP contribution >= 0.6 is 0 Å². The maximum Gasteiger partial charge on any atom is 0.251 e. The Morgan fingerprint density at radius 1 is 1.04 bits per heavy atom. The zero-order valence-electron chi connectivity index (χ0n) is 15.7. The summed E-state index contributed by atoms with van der Waals surface area (Å²) in [6, 6.07) is 11.8. The Balaban J connectivity index is 1.96. The maximum absolute atomic E-state index is 13.0. The van der Waals surface area contributed by atoms with Crippen LogP contribution in [0.3, 0.4) is 0 Å². The molecule has 0 aliphatic carbocycles. The molecule has 2 unspecified atom stereocenters. The molecule has 0 fully saturated rings. The third-order valence-electron chi connectivity index (χ3n) is 4.27. The Bertz CT molecular complexity index is 773. The van der Waals surface area contributed by atoms with Crippen LogP contribution in [0.4, 0.5) is 4.39 Å². The minimum atomic E-state index is -0.963. The molecule has 2 aromatic carbocycles. The zero-order valence-corrected chi connectivity index (χ0v) is 15.7. The van der Waals surface area contributed by atoms with Crippen LogP contribution in [0.25, 0.3) is 0 Å². The van der Waals surface area contributed by atoms with Gasteiger partial charge in [-0.3, -0.25) is 9.59 Å². The highest BCUT2D eigenvalue weighted by atomic mass is 19.1. The van der Waals surface area contributed by atoms with Gasteiger partial charge in [-0.1, -0.05) is 43.7 Å². The van der Waals surface area contributed by atoms with Crippen LogP contribution in [0.5, 0.6) is 0 Å². The molecule has 2 rings (SSSR count). The van der Waals surface area contributed by atoms with Crippen molar-refractivity contribution in [1.29, 1.82) is 0 Å². The average Bonchev–Trinajstić information content (AvgIpc) is 2.64. The molecule has 0 saturated carbocycles. The molecule has 5 nitrogen and oxygen atoms in total. The highest BCUT2D eigenvalue weighted by Crippen LogP contribution is 2.13. The summed E-state index contributed by atoms with van der Waals surface area (Å²) in [7, 11) is 0. The van der Waals surface area contributed by atoms with Gasteiger partial charge in [0.2, 0.25) is 5.91 Å². The van der Waals surface area contributed by atoms with E-state index in [0.29, 0.717) is 11.1 Å². The van der Waals surface area contributed by atoms with Crippen LogP contribution in [0.2, 0.25) is 0 Å². The lowest BCUT2D eigenvalue weighted by Gasteiger charge is -2.22. The molecule has 0 heterocycles. The maximum atomic E-state index is 13.0. The second-order valence-corrected chi connectivity index (χ2v) is 6.87. The number of carbonyl (C=O) groups is 2. The predicted octanol–water partition coefficient (Wildman–Crippen LogP) is 2.74.